The quantitative estimate of drug-likeness (QED) is 0.725. The number of halogens is 1. The van der Waals surface area contributed by atoms with Crippen molar-refractivity contribution in [3.63, 3.8) is 0 Å². The normalized spacial score (nSPS) is 9.84. The molecule has 0 aliphatic carbocycles. The number of hydrogen-bond acceptors (Lipinski definition) is 5. The van der Waals surface area contributed by atoms with Crippen molar-refractivity contribution >= 4 is 27.9 Å². The Morgan fingerprint density at radius 3 is 2.63 bits per heavy atom. The summed E-state index contributed by atoms with van der Waals surface area (Å²) in [4.78, 5) is 21.7. The molecule has 104 valence electrons. The van der Waals surface area contributed by atoms with Gasteiger partial charge in [0.15, 0.2) is 18.1 Å². The topological polar surface area (TPSA) is 117 Å². The Hall–Kier alpha value is -1.80. The maximum Gasteiger partial charge on any atom is 0.318 e. The molecule has 7 nitrogen and oxygen atoms in total. The predicted molar refractivity (Wildman–Crippen MR) is 71.8 cm³/mol. The van der Waals surface area contributed by atoms with Gasteiger partial charge in [-0.2, -0.15) is 0 Å². The van der Waals surface area contributed by atoms with Crippen LogP contribution in [0.3, 0.4) is 0 Å². The van der Waals surface area contributed by atoms with E-state index in [-0.39, 0.29) is 6.61 Å². The molecule has 0 saturated carbocycles. The summed E-state index contributed by atoms with van der Waals surface area (Å²) in [5, 5.41) is 1.89. The maximum atomic E-state index is 11.2. The van der Waals surface area contributed by atoms with E-state index in [2.05, 4.69) is 15.9 Å². The van der Waals surface area contributed by atoms with Crippen LogP contribution in [-0.2, 0) is 11.3 Å². The third kappa shape index (κ3) is 4.42. The third-order valence-corrected chi connectivity index (χ3v) is 2.72. The summed E-state index contributed by atoms with van der Waals surface area (Å²) in [6.45, 7) is -0.0166. The average molecular weight is 332 g/mol. The van der Waals surface area contributed by atoms with Gasteiger partial charge in [0.25, 0.3) is 5.91 Å². The molecule has 0 heterocycles. The molecule has 5 N–H and O–H groups in total. The molecule has 19 heavy (non-hydrogen) atoms. The molecule has 8 heteroatoms. The summed E-state index contributed by atoms with van der Waals surface area (Å²) in [5.74, 6) is 0.130. The highest BCUT2D eigenvalue weighted by molar-refractivity contribution is 9.10. The lowest BCUT2D eigenvalue weighted by Crippen LogP contribution is -2.38. The van der Waals surface area contributed by atoms with Crippen molar-refractivity contribution in [2.75, 3.05) is 13.7 Å². The zero-order valence-electron chi connectivity index (χ0n) is 10.2. The highest BCUT2D eigenvalue weighted by atomic mass is 79.9. The lowest BCUT2D eigenvalue weighted by atomic mass is 10.2. The van der Waals surface area contributed by atoms with Crippen molar-refractivity contribution in [3.8, 4) is 11.5 Å². The fourth-order valence-corrected chi connectivity index (χ4v) is 1.95. The lowest BCUT2D eigenvalue weighted by molar-refractivity contribution is -0.121. The number of ether oxygens (including phenoxy) is 2. The summed E-state index contributed by atoms with van der Waals surface area (Å²) in [6.07, 6.45) is 0. The van der Waals surface area contributed by atoms with Gasteiger partial charge in [-0.15, -0.1) is 0 Å². The van der Waals surface area contributed by atoms with Gasteiger partial charge in [0.1, 0.15) is 0 Å². The Kier molecular flexibility index (Phi) is 5.58. The van der Waals surface area contributed by atoms with Crippen molar-refractivity contribution in [3.05, 3.63) is 22.2 Å². The van der Waals surface area contributed by atoms with E-state index in [9.17, 15) is 9.59 Å². The second-order valence-electron chi connectivity index (χ2n) is 3.51. The summed E-state index contributed by atoms with van der Waals surface area (Å²) < 4.78 is 11.0. The van der Waals surface area contributed by atoms with E-state index in [1.54, 1.807) is 12.1 Å². The van der Waals surface area contributed by atoms with E-state index < -0.39 is 11.9 Å². The first kappa shape index (κ1) is 15.3. The number of carbonyl (C=O) groups is 2. The number of nitrogens with two attached hydrogens (primary N) is 2. The number of urea groups is 1. The van der Waals surface area contributed by atoms with Gasteiger partial charge in [0.2, 0.25) is 0 Å². The molecule has 0 radical (unpaired) electrons. The number of carbonyl (C=O) groups excluding carboxylic acids is 2. The largest absolute Gasteiger partial charge is 0.493 e. The zero-order chi connectivity index (χ0) is 14.4. The molecule has 0 aliphatic heterocycles. The molecule has 0 fully saturated rings. The Morgan fingerprint density at radius 1 is 1.42 bits per heavy atom. The van der Waals surface area contributed by atoms with Crippen LogP contribution in [0.2, 0.25) is 0 Å². The number of nitrogens with one attached hydrogen (secondary N) is 1. The number of hydrogen-bond donors (Lipinski definition) is 3. The second kappa shape index (κ2) is 6.95. The first-order valence-corrected chi connectivity index (χ1v) is 6.05. The monoisotopic (exact) mass is 331 g/mol. The highest BCUT2D eigenvalue weighted by Crippen LogP contribution is 2.36. The summed E-state index contributed by atoms with van der Waals surface area (Å²) >= 11 is 3.30. The molecule has 0 aromatic heterocycles. The number of rotatable bonds is 5. The van der Waals surface area contributed by atoms with Crippen molar-refractivity contribution in [2.45, 2.75) is 6.54 Å². The van der Waals surface area contributed by atoms with Gasteiger partial charge in [-0.1, -0.05) is 0 Å². The molecule has 0 unspecified atom stereocenters. The summed E-state index contributed by atoms with van der Waals surface area (Å²) in [6, 6.07) is 2.52. The first-order chi connectivity index (χ1) is 8.97. The molecule has 0 bridgehead atoms. The zero-order valence-corrected chi connectivity index (χ0v) is 11.8. The van der Waals surface area contributed by atoms with Gasteiger partial charge in [0, 0.05) is 6.54 Å². The van der Waals surface area contributed by atoms with Crippen molar-refractivity contribution in [1.82, 2.24) is 5.32 Å². The van der Waals surface area contributed by atoms with E-state index in [0.29, 0.717) is 22.5 Å². The van der Waals surface area contributed by atoms with Crippen molar-refractivity contribution < 1.29 is 19.1 Å². The van der Waals surface area contributed by atoms with Crippen LogP contribution in [-0.4, -0.2) is 25.7 Å². The molecular weight excluding hydrogens is 318 g/mol. The van der Waals surface area contributed by atoms with Crippen molar-refractivity contribution in [1.29, 1.82) is 0 Å². The molecule has 1 aromatic rings. The summed E-state index contributed by atoms with van der Waals surface area (Å²) in [7, 11) is 1.47. The third-order valence-electron chi connectivity index (χ3n) is 2.14. The van der Waals surface area contributed by atoms with E-state index in [1.165, 1.54) is 7.11 Å². The standard InChI is InChI=1S/C11H14BrN3O4/c1-18-8-3-6(4-13)2-7(12)10(8)19-5-9(16)15-11(14)17/h2-3H,4-5,13H2,1H3,(H3,14,15,16,17). The van der Waals surface area contributed by atoms with Crippen LogP contribution in [0, 0.1) is 0 Å². The molecule has 0 atom stereocenters. The van der Waals surface area contributed by atoms with Crippen LogP contribution in [0.25, 0.3) is 0 Å². The van der Waals surface area contributed by atoms with Crippen molar-refractivity contribution in [2.24, 2.45) is 11.5 Å². The Bertz CT molecular complexity index is 493. The maximum absolute atomic E-state index is 11.2. The van der Waals surface area contributed by atoms with E-state index in [0.717, 1.165) is 5.56 Å². The molecule has 0 aliphatic rings. The molecule has 3 amide bonds. The number of methoxy groups -OCH3 is 1. The Balaban J connectivity index is 2.83. The van der Waals surface area contributed by atoms with E-state index >= 15 is 0 Å². The van der Waals surface area contributed by atoms with Crippen LogP contribution in [0.1, 0.15) is 5.56 Å². The van der Waals surface area contributed by atoms with Gasteiger partial charge in [-0.05, 0) is 33.6 Å². The minimum Gasteiger partial charge on any atom is -0.493 e. The van der Waals surface area contributed by atoms with Gasteiger partial charge in [0.05, 0.1) is 11.6 Å². The molecule has 0 saturated heterocycles. The number of benzene rings is 1. The second-order valence-corrected chi connectivity index (χ2v) is 4.37. The summed E-state index contributed by atoms with van der Waals surface area (Å²) in [5.41, 5.74) is 11.2. The molecule has 1 rings (SSSR count). The van der Waals surface area contributed by atoms with Crippen LogP contribution in [0.5, 0.6) is 11.5 Å². The Labute approximate surface area is 118 Å². The molecular formula is C11H14BrN3O4. The van der Waals surface area contributed by atoms with Crippen LogP contribution < -0.4 is 26.3 Å². The van der Waals surface area contributed by atoms with Crippen LogP contribution in [0.4, 0.5) is 4.79 Å². The van der Waals surface area contributed by atoms with E-state index in [1.807, 2.05) is 5.32 Å². The highest BCUT2D eigenvalue weighted by Gasteiger charge is 2.13. The first-order valence-electron chi connectivity index (χ1n) is 5.26. The number of primary amides is 1. The number of imide groups is 1. The Morgan fingerprint density at radius 2 is 2.11 bits per heavy atom. The SMILES string of the molecule is COc1cc(CN)cc(Br)c1OCC(=O)NC(N)=O. The average Bonchev–Trinajstić information content (AvgIpc) is 2.35. The molecule has 0 spiro atoms. The minimum atomic E-state index is -0.932. The number of amides is 3. The predicted octanol–water partition coefficient (Wildman–Crippen LogP) is 0.490. The van der Waals surface area contributed by atoms with Gasteiger partial charge in [-0.3, -0.25) is 10.1 Å². The van der Waals surface area contributed by atoms with Crippen LogP contribution >= 0.6 is 15.9 Å². The van der Waals surface area contributed by atoms with Gasteiger partial charge >= 0.3 is 6.03 Å². The molecule has 1 aromatic carbocycles. The minimum absolute atomic E-state index is 0.345. The van der Waals surface area contributed by atoms with E-state index in [4.69, 9.17) is 20.9 Å². The smallest absolute Gasteiger partial charge is 0.318 e. The fraction of sp³-hybridized carbons (Fsp3) is 0.273. The van der Waals surface area contributed by atoms with Gasteiger partial charge in [-0.25, -0.2) is 4.79 Å². The fourth-order valence-electron chi connectivity index (χ4n) is 1.34. The van der Waals surface area contributed by atoms with Crippen LogP contribution in [0.15, 0.2) is 16.6 Å². The lowest BCUT2D eigenvalue weighted by Gasteiger charge is -2.13. The van der Waals surface area contributed by atoms with Gasteiger partial charge < -0.3 is 20.9 Å².